The number of thioether (sulfide) groups is 1. The fourth-order valence-electron chi connectivity index (χ4n) is 2.39. The molecule has 1 aliphatic heterocycles. The fourth-order valence-corrected chi connectivity index (χ4v) is 3.31. The van der Waals surface area contributed by atoms with Crippen molar-refractivity contribution in [3.05, 3.63) is 34.4 Å². The number of benzene rings is 1. The van der Waals surface area contributed by atoms with Crippen LogP contribution in [0.2, 0.25) is 0 Å². The molecule has 94 valence electrons. The highest BCUT2D eigenvalue weighted by molar-refractivity contribution is 7.99. The Kier molecular flexibility index (Phi) is 4.52. The summed E-state index contributed by atoms with van der Waals surface area (Å²) in [5, 5.41) is 0. The summed E-state index contributed by atoms with van der Waals surface area (Å²) in [5.74, 6) is 2.63. The topological polar surface area (TPSA) is 3.24 Å². The number of hydrogen-bond acceptors (Lipinski definition) is 2. The molecule has 1 aromatic rings. The molecule has 0 amide bonds. The summed E-state index contributed by atoms with van der Waals surface area (Å²) in [6.45, 7) is 10.3. The number of rotatable bonds is 2. The van der Waals surface area contributed by atoms with Crippen LogP contribution in [0.25, 0.3) is 0 Å². The second-order valence-electron chi connectivity index (χ2n) is 5.11. The molecule has 0 bridgehead atoms. The quantitative estimate of drug-likeness (QED) is 0.788. The predicted molar refractivity (Wildman–Crippen MR) is 77.9 cm³/mol. The van der Waals surface area contributed by atoms with Crippen molar-refractivity contribution in [2.24, 2.45) is 0 Å². The molecule has 1 fully saturated rings. The van der Waals surface area contributed by atoms with Crippen molar-refractivity contribution in [3.8, 4) is 0 Å². The van der Waals surface area contributed by atoms with E-state index in [9.17, 15) is 0 Å². The molecule has 2 heteroatoms. The van der Waals surface area contributed by atoms with E-state index in [1.54, 1.807) is 0 Å². The van der Waals surface area contributed by atoms with Gasteiger partial charge in [0.2, 0.25) is 0 Å². The van der Waals surface area contributed by atoms with E-state index in [4.69, 9.17) is 0 Å². The first kappa shape index (κ1) is 13.0. The van der Waals surface area contributed by atoms with Gasteiger partial charge >= 0.3 is 0 Å². The summed E-state index contributed by atoms with van der Waals surface area (Å²) in [4.78, 5) is 2.61. The predicted octanol–water partition coefficient (Wildman–Crippen LogP) is 3.55. The maximum absolute atomic E-state index is 2.61. The van der Waals surface area contributed by atoms with Gasteiger partial charge in [0.15, 0.2) is 0 Å². The lowest BCUT2D eigenvalue weighted by Crippen LogP contribution is -2.25. The van der Waals surface area contributed by atoms with E-state index >= 15 is 0 Å². The van der Waals surface area contributed by atoms with E-state index in [1.807, 2.05) is 0 Å². The average molecular weight is 249 g/mol. The van der Waals surface area contributed by atoms with E-state index in [1.165, 1.54) is 53.3 Å². The van der Waals surface area contributed by atoms with Crippen LogP contribution in [0.1, 0.15) is 28.7 Å². The Labute approximate surface area is 110 Å². The molecule has 0 spiro atoms. The second kappa shape index (κ2) is 5.92. The first-order valence-electron chi connectivity index (χ1n) is 6.53. The smallest absolute Gasteiger partial charge is 0.0236 e. The first-order valence-corrected chi connectivity index (χ1v) is 7.69. The van der Waals surface area contributed by atoms with Gasteiger partial charge in [0.1, 0.15) is 0 Å². The van der Waals surface area contributed by atoms with Crippen molar-refractivity contribution < 1.29 is 0 Å². The molecule has 1 nitrogen and oxygen atoms in total. The van der Waals surface area contributed by atoms with Gasteiger partial charge in [0, 0.05) is 18.8 Å². The van der Waals surface area contributed by atoms with Gasteiger partial charge in [0.05, 0.1) is 0 Å². The molecule has 1 heterocycles. The third-order valence-electron chi connectivity index (χ3n) is 3.66. The highest BCUT2D eigenvalue weighted by Crippen LogP contribution is 2.19. The van der Waals surface area contributed by atoms with Gasteiger partial charge in [-0.05, 0) is 61.7 Å². The normalized spacial score (nSPS) is 18.1. The Morgan fingerprint density at radius 3 is 2.59 bits per heavy atom. The molecule has 0 saturated carbocycles. The summed E-state index contributed by atoms with van der Waals surface area (Å²) in [5.41, 5.74) is 5.80. The van der Waals surface area contributed by atoms with Crippen molar-refractivity contribution in [1.29, 1.82) is 0 Å². The first-order chi connectivity index (χ1) is 8.16. The molecule has 2 rings (SSSR count). The monoisotopic (exact) mass is 249 g/mol. The van der Waals surface area contributed by atoms with Crippen molar-refractivity contribution >= 4 is 11.8 Å². The molecule has 0 aliphatic carbocycles. The molecule has 1 aromatic carbocycles. The second-order valence-corrected chi connectivity index (χ2v) is 6.33. The van der Waals surface area contributed by atoms with Crippen LogP contribution in [0.3, 0.4) is 0 Å². The lowest BCUT2D eigenvalue weighted by atomic mass is 10.0. The highest BCUT2D eigenvalue weighted by Gasteiger charge is 2.11. The zero-order chi connectivity index (χ0) is 12.3. The van der Waals surface area contributed by atoms with Crippen molar-refractivity contribution in [2.75, 3.05) is 24.6 Å². The molecule has 0 atom stereocenters. The number of aryl methyl sites for hydroxylation is 3. The molecule has 1 saturated heterocycles. The largest absolute Gasteiger partial charge is 0.298 e. The van der Waals surface area contributed by atoms with E-state index in [-0.39, 0.29) is 0 Å². The summed E-state index contributed by atoms with van der Waals surface area (Å²) in [6, 6.07) is 4.71. The third-order valence-corrected chi connectivity index (χ3v) is 4.71. The Balaban J connectivity index is 2.09. The van der Waals surface area contributed by atoms with Crippen LogP contribution in [-0.2, 0) is 6.54 Å². The molecule has 1 aliphatic rings. The summed E-state index contributed by atoms with van der Waals surface area (Å²) >= 11 is 2.10. The molecule has 0 unspecified atom stereocenters. The van der Waals surface area contributed by atoms with Crippen LogP contribution in [0, 0.1) is 20.8 Å². The van der Waals surface area contributed by atoms with E-state index in [0.29, 0.717) is 0 Å². The van der Waals surface area contributed by atoms with Crippen LogP contribution >= 0.6 is 11.8 Å². The average Bonchev–Trinajstić information content (AvgIpc) is 2.54. The van der Waals surface area contributed by atoms with Crippen molar-refractivity contribution in [1.82, 2.24) is 4.90 Å². The Morgan fingerprint density at radius 1 is 1.00 bits per heavy atom. The van der Waals surface area contributed by atoms with E-state index < -0.39 is 0 Å². The van der Waals surface area contributed by atoms with Crippen LogP contribution in [0.5, 0.6) is 0 Å². The molecule has 0 N–H and O–H groups in total. The van der Waals surface area contributed by atoms with Gasteiger partial charge in [-0.25, -0.2) is 0 Å². The van der Waals surface area contributed by atoms with Gasteiger partial charge < -0.3 is 0 Å². The van der Waals surface area contributed by atoms with E-state index in [0.717, 1.165) is 6.54 Å². The molecule has 0 aromatic heterocycles. The molecular formula is C15H23NS. The van der Waals surface area contributed by atoms with Gasteiger partial charge in [-0.1, -0.05) is 12.1 Å². The van der Waals surface area contributed by atoms with Gasteiger partial charge in [-0.15, -0.1) is 0 Å². The highest BCUT2D eigenvalue weighted by atomic mass is 32.2. The Morgan fingerprint density at radius 2 is 1.76 bits per heavy atom. The maximum atomic E-state index is 2.61. The summed E-state index contributed by atoms with van der Waals surface area (Å²) < 4.78 is 0. The van der Waals surface area contributed by atoms with Crippen molar-refractivity contribution in [2.45, 2.75) is 33.7 Å². The lowest BCUT2D eigenvalue weighted by Gasteiger charge is -2.21. The third kappa shape index (κ3) is 3.49. The zero-order valence-corrected chi connectivity index (χ0v) is 12.1. The fraction of sp³-hybridized carbons (Fsp3) is 0.600. The van der Waals surface area contributed by atoms with Gasteiger partial charge in [0.25, 0.3) is 0 Å². The number of hydrogen-bond donors (Lipinski definition) is 0. The minimum Gasteiger partial charge on any atom is -0.298 e. The molecular weight excluding hydrogens is 226 g/mol. The lowest BCUT2D eigenvalue weighted by molar-refractivity contribution is 0.287. The molecule has 0 radical (unpaired) electrons. The zero-order valence-electron chi connectivity index (χ0n) is 11.3. The van der Waals surface area contributed by atoms with Crippen LogP contribution in [0.4, 0.5) is 0 Å². The van der Waals surface area contributed by atoms with Crippen molar-refractivity contribution in [3.63, 3.8) is 0 Å². The number of nitrogens with zero attached hydrogens (tertiary/aromatic N) is 1. The van der Waals surface area contributed by atoms with Gasteiger partial charge in [-0.2, -0.15) is 11.8 Å². The minimum atomic E-state index is 1.13. The molecule has 17 heavy (non-hydrogen) atoms. The van der Waals surface area contributed by atoms with Crippen LogP contribution < -0.4 is 0 Å². The minimum absolute atomic E-state index is 1.13. The summed E-state index contributed by atoms with van der Waals surface area (Å²) in [7, 11) is 0. The van der Waals surface area contributed by atoms with Crippen LogP contribution in [0.15, 0.2) is 12.1 Å². The Hall–Kier alpha value is -0.470. The standard InChI is InChI=1S/C15H23NS/c1-12-9-14(3)15(10-13(12)2)11-16-5-4-7-17-8-6-16/h9-10H,4-8,11H2,1-3H3. The van der Waals surface area contributed by atoms with Gasteiger partial charge in [-0.3, -0.25) is 4.90 Å². The van der Waals surface area contributed by atoms with Crippen LogP contribution in [-0.4, -0.2) is 29.5 Å². The Bertz CT molecular complexity index is 379. The van der Waals surface area contributed by atoms with E-state index in [2.05, 4.69) is 49.6 Å². The summed E-state index contributed by atoms with van der Waals surface area (Å²) in [6.07, 6.45) is 1.34. The maximum Gasteiger partial charge on any atom is 0.0236 e. The SMILES string of the molecule is Cc1cc(C)c(CN2CCCSCC2)cc1C.